The highest BCUT2D eigenvalue weighted by molar-refractivity contribution is 7.89. The van der Waals surface area contributed by atoms with Crippen molar-refractivity contribution in [2.45, 2.75) is 23.8 Å². The summed E-state index contributed by atoms with van der Waals surface area (Å²) in [5, 5.41) is 4.81. The summed E-state index contributed by atoms with van der Waals surface area (Å²) in [5.74, 6) is 0. The van der Waals surface area contributed by atoms with Crippen LogP contribution >= 0.6 is 12.4 Å². The predicted octanol–water partition coefficient (Wildman–Crippen LogP) is 1.69. The van der Waals surface area contributed by atoms with Crippen LogP contribution in [0.15, 0.2) is 41.6 Å². The van der Waals surface area contributed by atoms with Gasteiger partial charge >= 0.3 is 0 Å². The second-order valence-corrected chi connectivity index (χ2v) is 6.73. The number of benzene rings is 1. The Kier molecular flexibility index (Phi) is 5.16. The number of halogens is 1. The molecule has 1 aliphatic heterocycles. The number of hydrogen-bond acceptors (Lipinski definition) is 4. The molecule has 3 rings (SSSR count). The van der Waals surface area contributed by atoms with E-state index in [-0.39, 0.29) is 18.4 Å². The van der Waals surface area contributed by atoms with Gasteiger partial charge in [0.05, 0.1) is 4.90 Å². The summed E-state index contributed by atoms with van der Waals surface area (Å²) in [6, 6.07) is 7.21. The van der Waals surface area contributed by atoms with E-state index in [1.807, 2.05) is 6.07 Å². The van der Waals surface area contributed by atoms with Crippen molar-refractivity contribution >= 4 is 33.2 Å². The molecule has 1 aromatic carbocycles. The lowest BCUT2D eigenvalue weighted by atomic mass is 10.2. The molecule has 2 heterocycles. The predicted molar refractivity (Wildman–Crippen MR) is 85.2 cm³/mol. The quantitative estimate of drug-likeness (QED) is 0.896. The van der Waals surface area contributed by atoms with Crippen LogP contribution in [0.5, 0.6) is 0 Å². The van der Waals surface area contributed by atoms with Crippen LogP contribution in [-0.4, -0.2) is 32.5 Å². The van der Waals surface area contributed by atoms with Crippen molar-refractivity contribution in [3.63, 3.8) is 0 Å². The van der Waals surface area contributed by atoms with Gasteiger partial charge in [0.1, 0.15) is 0 Å². The monoisotopic (exact) mass is 327 g/mol. The molecule has 1 unspecified atom stereocenters. The van der Waals surface area contributed by atoms with E-state index in [1.165, 1.54) is 0 Å². The lowest BCUT2D eigenvalue weighted by molar-refractivity contribution is 0.552. The third kappa shape index (κ3) is 3.52. The summed E-state index contributed by atoms with van der Waals surface area (Å²) < 4.78 is 27.6. The Hall–Kier alpha value is -1.21. The summed E-state index contributed by atoms with van der Waals surface area (Å²) in [4.78, 5) is 4.34. The average molecular weight is 328 g/mol. The van der Waals surface area contributed by atoms with Crippen LogP contribution in [0.2, 0.25) is 0 Å². The molecule has 21 heavy (non-hydrogen) atoms. The van der Waals surface area contributed by atoms with E-state index >= 15 is 0 Å². The highest BCUT2D eigenvalue weighted by atomic mass is 35.5. The average Bonchev–Trinajstić information content (AvgIpc) is 2.98. The molecule has 0 spiro atoms. The lowest BCUT2D eigenvalue weighted by Crippen LogP contribution is -2.37. The van der Waals surface area contributed by atoms with E-state index < -0.39 is 10.0 Å². The Balaban J connectivity index is 0.00000161. The first-order valence-electron chi connectivity index (χ1n) is 6.72. The Bertz CT molecular complexity index is 710. The van der Waals surface area contributed by atoms with E-state index in [0.29, 0.717) is 16.8 Å². The topological polar surface area (TPSA) is 71.1 Å². The van der Waals surface area contributed by atoms with Crippen molar-refractivity contribution < 1.29 is 8.42 Å². The van der Waals surface area contributed by atoms with Crippen LogP contribution in [0.1, 0.15) is 12.8 Å². The number of aromatic nitrogens is 1. The second-order valence-electron chi connectivity index (χ2n) is 5.00. The normalized spacial score (nSPS) is 18.6. The van der Waals surface area contributed by atoms with E-state index in [1.54, 1.807) is 30.6 Å². The van der Waals surface area contributed by atoms with Crippen LogP contribution in [0, 0.1) is 0 Å². The number of pyridine rings is 1. The van der Waals surface area contributed by atoms with Gasteiger partial charge in [-0.2, -0.15) is 0 Å². The molecule has 0 aliphatic carbocycles. The van der Waals surface area contributed by atoms with Crippen LogP contribution in [0.4, 0.5) is 0 Å². The SMILES string of the molecule is Cl.O=S(=O)(NCC1CCCN1)c1cccc2cnccc12. The zero-order chi connectivity index (χ0) is 14.0. The van der Waals surface area contributed by atoms with Gasteiger partial charge in [-0.1, -0.05) is 12.1 Å². The summed E-state index contributed by atoms with van der Waals surface area (Å²) in [5.41, 5.74) is 0. The van der Waals surface area contributed by atoms with Crippen molar-refractivity contribution in [1.29, 1.82) is 0 Å². The molecule has 114 valence electrons. The first-order valence-corrected chi connectivity index (χ1v) is 8.21. The van der Waals surface area contributed by atoms with Gasteiger partial charge in [-0.3, -0.25) is 4.98 Å². The van der Waals surface area contributed by atoms with Crippen molar-refractivity contribution in [2.24, 2.45) is 0 Å². The Morgan fingerprint density at radius 2 is 2.19 bits per heavy atom. The first kappa shape index (κ1) is 16.2. The molecule has 1 fully saturated rings. The van der Waals surface area contributed by atoms with Crippen molar-refractivity contribution in [1.82, 2.24) is 15.0 Å². The van der Waals surface area contributed by atoms with Crippen LogP contribution in [0.3, 0.4) is 0 Å². The van der Waals surface area contributed by atoms with Gasteiger partial charge in [0.25, 0.3) is 0 Å². The Morgan fingerprint density at radius 3 is 2.95 bits per heavy atom. The fraction of sp³-hybridized carbons (Fsp3) is 0.357. The van der Waals surface area contributed by atoms with Crippen LogP contribution < -0.4 is 10.0 Å². The molecule has 0 amide bonds. The Labute approximate surface area is 130 Å². The minimum Gasteiger partial charge on any atom is -0.313 e. The van der Waals surface area contributed by atoms with Gasteiger partial charge in [-0.05, 0) is 31.5 Å². The molecule has 0 saturated carbocycles. The van der Waals surface area contributed by atoms with Gasteiger partial charge < -0.3 is 5.32 Å². The molecule has 1 saturated heterocycles. The molecular weight excluding hydrogens is 310 g/mol. The van der Waals surface area contributed by atoms with E-state index in [2.05, 4.69) is 15.0 Å². The fourth-order valence-corrected chi connectivity index (χ4v) is 3.86. The molecule has 0 radical (unpaired) electrons. The molecule has 1 atom stereocenters. The van der Waals surface area contributed by atoms with E-state index in [0.717, 1.165) is 24.8 Å². The third-order valence-electron chi connectivity index (χ3n) is 3.61. The zero-order valence-electron chi connectivity index (χ0n) is 11.5. The molecular formula is C14H18ClN3O2S. The van der Waals surface area contributed by atoms with Gasteiger partial charge in [0.2, 0.25) is 10.0 Å². The number of sulfonamides is 1. The third-order valence-corrected chi connectivity index (χ3v) is 5.09. The first-order chi connectivity index (χ1) is 9.67. The molecule has 1 aliphatic rings. The van der Waals surface area contributed by atoms with Gasteiger partial charge in [0.15, 0.2) is 0 Å². The van der Waals surface area contributed by atoms with Gasteiger partial charge in [-0.15, -0.1) is 12.4 Å². The Morgan fingerprint density at radius 1 is 1.33 bits per heavy atom. The summed E-state index contributed by atoms with van der Waals surface area (Å²) in [6.07, 6.45) is 5.40. The molecule has 1 aromatic heterocycles. The van der Waals surface area contributed by atoms with Gasteiger partial charge in [0, 0.05) is 35.8 Å². The number of fused-ring (bicyclic) bond motifs is 1. The summed E-state index contributed by atoms with van der Waals surface area (Å²) >= 11 is 0. The minimum absolute atomic E-state index is 0. The summed E-state index contributed by atoms with van der Waals surface area (Å²) in [7, 11) is -3.49. The van der Waals surface area contributed by atoms with E-state index in [4.69, 9.17) is 0 Å². The fourth-order valence-electron chi connectivity index (χ4n) is 2.55. The highest BCUT2D eigenvalue weighted by Gasteiger charge is 2.20. The van der Waals surface area contributed by atoms with Crippen LogP contribution in [0.25, 0.3) is 10.8 Å². The molecule has 2 aromatic rings. The van der Waals surface area contributed by atoms with Crippen molar-refractivity contribution in [2.75, 3.05) is 13.1 Å². The maximum atomic E-state index is 12.4. The molecule has 0 bridgehead atoms. The molecule has 7 heteroatoms. The van der Waals surface area contributed by atoms with Crippen LogP contribution in [-0.2, 0) is 10.0 Å². The molecule has 5 nitrogen and oxygen atoms in total. The lowest BCUT2D eigenvalue weighted by Gasteiger charge is -2.13. The second kappa shape index (κ2) is 6.70. The minimum atomic E-state index is -3.49. The smallest absolute Gasteiger partial charge is 0.241 e. The number of nitrogens with one attached hydrogen (secondary N) is 2. The number of hydrogen-bond donors (Lipinski definition) is 2. The van der Waals surface area contributed by atoms with Gasteiger partial charge in [-0.25, -0.2) is 13.1 Å². The maximum Gasteiger partial charge on any atom is 0.241 e. The molecule has 2 N–H and O–H groups in total. The summed E-state index contributed by atoms with van der Waals surface area (Å²) in [6.45, 7) is 1.40. The highest BCUT2D eigenvalue weighted by Crippen LogP contribution is 2.21. The largest absolute Gasteiger partial charge is 0.313 e. The number of rotatable bonds is 4. The van der Waals surface area contributed by atoms with Crippen molar-refractivity contribution in [3.8, 4) is 0 Å². The maximum absolute atomic E-state index is 12.4. The van der Waals surface area contributed by atoms with E-state index in [9.17, 15) is 8.42 Å². The zero-order valence-corrected chi connectivity index (χ0v) is 13.1. The standard InChI is InChI=1S/C14H17N3O2S.ClH/c18-20(19,17-10-12-4-2-7-16-12)14-5-1-3-11-9-15-8-6-13(11)14;/h1,3,5-6,8-9,12,16-17H,2,4,7,10H2;1H. The van der Waals surface area contributed by atoms with Crippen molar-refractivity contribution in [3.05, 3.63) is 36.7 Å². The number of nitrogens with zero attached hydrogens (tertiary/aromatic N) is 1.